The number of carbonyl (C=O) groups is 1. The van der Waals surface area contributed by atoms with Crippen molar-refractivity contribution in [1.82, 2.24) is 29.6 Å². The van der Waals surface area contributed by atoms with Gasteiger partial charge in [0.1, 0.15) is 27.8 Å². The number of ether oxygens (including phenoxy) is 1. The number of halogens is 1. The molecule has 9 nitrogen and oxygen atoms in total. The first-order chi connectivity index (χ1) is 16.5. The zero-order valence-electron chi connectivity index (χ0n) is 18.2. The lowest BCUT2D eigenvalue weighted by molar-refractivity contribution is 0.0464. The third-order valence-electron chi connectivity index (χ3n) is 6.18. The van der Waals surface area contributed by atoms with Crippen LogP contribution in [0.2, 0.25) is 5.02 Å². The summed E-state index contributed by atoms with van der Waals surface area (Å²) in [6, 6.07) is 11.2. The topological polar surface area (TPSA) is 98.1 Å². The Bertz CT molecular complexity index is 1400. The maximum Gasteiger partial charge on any atom is 0.274 e. The highest BCUT2D eigenvalue weighted by atomic mass is 35.5. The van der Waals surface area contributed by atoms with Crippen LogP contribution in [0.4, 0.5) is 11.8 Å². The Hall–Kier alpha value is -3.34. The van der Waals surface area contributed by atoms with Crippen LogP contribution in [0.3, 0.4) is 0 Å². The molecule has 5 heterocycles. The van der Waals surface area contributed by atoms with E-state index in [0.717, 1.165) is 22.7 Å². The molecule has 4 aromatic rings. The number of fused-ring (bicyclic) bond motifs is 2. The highest BCUT2D eigenvalue weighted by Gasteiger charge is 2.54. The first kappa shape index (κ1) is 21.2. The normalized spacial score (nSPS) is 19.2. The average Bonchev–Trinajstić information content (AvgIpc) is 3.60. The molecule has 1 fully saturated rings. The van der Waals surface area contributed by atoms with Crippen molar-refractivity contribution in [3.63, 3.8) is 0 Å². The third kappa shape index (κ3) is 3.46. The van der Waals surface area contributed by atoms with Gasteiger partial charge in [-0.05, 0) is 23.8 Å². The SMILES string of the molecule is Cn1nccc1Nc1nccc(-c2nc3c(s2)[C@@]2(CCOC2)N(Cc2cccc(Cl)c2)C3=O)n1. The highest BCUT2D eigenvalue weighted by molar-refractivity contribution is 7.15. The van der Waals surface area contributed by atoms with E-state index in [4.69, 9.17) is 21.3 Å². The van der Waals surface area contributed by atoms with E-state index in [1.165, 1.54) is 11.3 Å². The van der Waals surface area contributed by atoms with Gasteiger partial charge in [-0.1, -0.05) is 23.7 Å². The van der Waals surface area contributed by atoms with Crippen molar-refractivity contribution in [3.05, 3.63) is 69.9 Å². The maximum atomic E-state index is 13.5. The van der Waals surface area contributed by atoms with Gasteiger partial charge in [0.15, 0.2) is 0 Å². The third-order valence-corrected chi connectivity index (χ3v) is 7.69. The van der Waals surface area contributed by atoms with Crippen LogP contribution >= 0.6 is 22.9 Å². The van der Waals surface area contributed by atoms with Crippen molar-refractivity contribution in [3.8, 4) is 10.7 Å². The van der Waals surface area contributed by atoms with Gasteiger partial charge in [0.2, 0.25) is 5.95 Å². The van der Waals surface area contributed by atoms with E-state index in [2.05, 4.69) is 20.4 Å². The van der Waals surface area contributed by atoms with Gasteiger partial charge in [0, 0.05) is 43.9 Å². The lowest BCUT2D eigenvalue weighted by Gasteiger charge is -2.34. The Morgan fingerprint density at radius 1 is 1.24 bits per heavy atom. The van der Waals surface area contributed by atoms with Crippen LogP contribution in [-0.4, -0.2) is 48.8 Å². The molecule has 0 saturated carbocycles. The summed E-state index contributed by atoms with van der Waals surface area (Å²) in [7, 11) is 1.83. The zero-order valence-corrected chi connectivity index (χ0v) is 19.8. The minimum absolute atomic E-state index is 0.0923. The lowest BCUT2D eigenvalue weighted by atomic mass is 9.96. The van der Waals surface area contributed by atoms with E-state index in [1.807, 2.05) is 42.3 Å². The fourth-order valence-corrected chi connectivity index (χ4v) is 5.92. The smallest absolute Gasteiger partial charge is 0.274 e. The molecular formula is C23H20ClN7O2S. The van der Waals surface area contributed by atoms with E-state index < -0.39 is 5.54 Å². The zero-order chi connectivity index (χ0) is 23.3. The summed E-state index contributed by atoms with van der Waals surface area (Å²) < 4.78 is 7.50. The van der Waals surface area contributed by atoms with Gasteiger partial charge in [0.25, 0.3) is 5.91 Å². The summed E-state index contributed by atoms with van der Waals surface area (Å²) in [4.78, 5) is 30.0. The van der Waals surface area contributed by atoms with E-state index >= 15 is 0 Å². The molecule has 1 N–H and O–H groups in total. The number of benzene rings is 1. The number of nitrogens with one attached hydrogen (secondary N) is 1. The van der Waals surface area contributed by atoms with Crippen LogP contribution < -0.4 is 5.32 Å². The van der Waals surface area contributed by atoms with E-state index in [0.29, 0.717) is 47.1 Å². The number of aromatic nitrogens is 5. The predicted octanol–water partition coefficient (Wildman–Crippen LogP) is 4.00. The Morgan fingerprint density at radius 3 is 2.91 bits per heavy atom. The molecule has 1 amide bonds. The second-order valence-corrected chi connectivity index (χ2v) is 9.72. The van der Waals surface area contributed by atoms with Gasteiger partial charge < -0.3 is 15.0 Å². The summed E-state index contributed by atoms with van der Waals surface area (Å²) in [6.07, 6.45) is 4.10. The number of anilines is 2. The number of rotatable bonds is 5. The molecule has 0 aliphatic carbocycles. The number of thiazole rings is 1. The Labute approximate surface area is 204 Å². The molecule has 1 aromatic carbocycles. The van der Waals surface area contributed by atoms with Crippen molar-refractivity contribution in [2.45, 2.75) is 18.5 Å². The largest absolute Gasteiger partial charge is 0.379 e. The fraction of sp³-hybridized carbons (Fsp3) is 0.261. The molecule has 3 aromatic heterocycles. The number of amides is 1. The number of hydrogen-bond donors (Lipinski definition) is 1. The Kier molecular flexibility index (Phi) is 5.09. The van der Waals surface area contributed by atoms with Crippen LogP contribution in [0, 0.1) is 0 Å². The van der Waals surface area contributed by atoms with E-state index in [1.54, 1.807) is 23.1 Å². The number of hydrogen-bond acceptors (Lipinski definition) is 8. The average molecular weight is 494 g/mol. The van der Waals surface area contributed by atoms with Crippen LogP contribution in [0.15, 0.2) is 48.8 Å². The van der Waals surface area contributed by atoms with Crippen LogP contribution in [0.25, 0.3) is 10.7 Å². The van der Waals surface area contributed by atoms with Crippen molar-refractivity contribution < 1.29 is 9.53 Å². The van der Waals surface area contributed by atoms with Gasteiger partial charge in [-0.3, -0.25) is 9.48 Å². The summed E-state index contributed by atoms with van der Waals surface area (Å²) in [5.41, 5.74) is 1.59. The monoisotopic (exact) mass is 493 g/mol. The summed E-state index contributed by atoms with van der Waals surface area (Å²) in [6.45, 7) is 1.50. The molecular weight excluding hydrogens is 474 g/mol. The molecule has 11 heteroatoms. The first-order valence-electron chi connectivity index (χ1n) is 10.8. The van der Waals surface area contributed by atoms with Gasteiger partial charge in [0.05, 0.1) is 17.7 Å². The second-order valence-electron chi connectivity index (χ2n) is 8.28. The molecule has 0 bridgehead atoms. The number of carbonyl (C=O) groups excluding carboxylic acids is 1. The molecule has 1 saturated heterocycles. The van der Waals surface area contributed by atoms with Gasteiger partial charge >= 0.3 is 0 Å². The van der Waals surface area contributed by atoms with E-state index in [9.17, 15) is 4.79 Å². The maximum absolute atomic E-state index is 13.5. The summed E-state index contributed by atoms with van der Waals surface area (Å²) in [5, 5.41) is 8.63. The molecule has 6 rings (SSSR count). The highest BCUT2D eigenvalue weighted by Crippen LogP contribution is 2.49. The minimum Gasteiger partial charge on any atom is -0.379 e. The van der Waals surface area contributed by atoms with Crippen LogP contribution in [-0.2, 0) is 23.9 Å². The molecule has 34 heavy (non-hydrogen) atoms. The molecule has 1 atom stereocenters. The molecule has 2 aliphatic rings. The molecule has 2 aliphatic heterocycles. The molecule has 0 unspecified atom stereocenters. The Morgan fingerprint density at radius 2 is 2.15 bits per heavy atom. The minimum atomic E-state index is -0.520. The summed E-state index contributed by atoms with van der Waals surface area (Å²) in [5.74, 6) is 1.11. The lowest BCUT2D eigenvalue weighted by Crippen LogP contribution is -2.43. The quantitative estimate of drug-likeness (QED) is 0.448. The van der Waals surface area contributed by atoms with Crippen molar-refractivity contribution in [2.24, 2.45) is 7.05 Å². The molecule has 0 radical (unpaired) electrons. The van der Waals surface area contributed by atoms with Gasteiger partial charge in [-0.25, -0.2) is 15.0 Å². The van der Waals surface area contributed by atoms with Crippen molar-refractivity contribution >= 4 is 40.6 Å². The fourth-order valence-electron chi connectivity index (χ4n) is 4.47. The number of nitrogens with zero attached hydrogens (tertiary/aromatic N) is 6. The Balaban J connectivity index is 1.34. The predicted molar refractivity (Wildman–Crippen MR) is 128 cm³/mol. The van der Waals surface area contributed by atoms with Crippen molar-refractivity contribution in [1.29, 1.82) is 0 Å². The van der Waals surface area contributed by atoms with Crippen LogP contribution in [0.5, 0.6) is 0 Å². The van der Waals surface area contributed by atoms with Crippen LogP contribution in [0.1, 0.15) is 27.3 Å². The van der Waals surface area contributed by atoms with Crippen molar-refractivity contribution in [2.75, 3.05) is 18.5 Å². The van der Waals surface area contributed by atoms with Gasteiger partial charge in [-0.15, -0.1) is 11.3 Å². The first-order valence-corrected chi connectivity index (χ1v) is 12.0. The molecule has 1 spiro atoms. The number of aryl methyl sites for hydroxylation is 1. The second kappa shape index (κ2) is 8.15. The van der Waals surface area contributed by atoms with Gasteiger partial charge in [-0.2, -0.15) is 5.10 Å². The molecule has 172 valence electrons. The standard InChI is InChI=1S/C23H20ClN7O2S/c1-30-17(6-9-26-30)28-22-25-8-5-16(27-22)20-29-18-19(34-20)23(7-10-33-13-23)31(21(18)32)12-14-3-2-4-15(24)11-14/h2-6,8-9,11H,7,10,12-13H2,1H3,(H,25,27,28)/t23-/m0/s1. The van der Waals surface area contributed by atoms with E-state index in [-0.39, 0.29) is 5.91 Å². The summed E-state index contributed by atoms with van der Waals surface area (Å²) >= 11 is 7.68.